The van der Waals surface area contributed by atoms with E-state index in [0.717, 1.165) is 10.9 Å². The van der Waals surface area contributed by atoms with Crippen LogP contribution >= 0.6 is 0 Å². The van der Waals surface area contributed by atoms with Gasteiger partial charge in [0.2, 0.25) is 0 Å². The van der Waals surface area contributed by atoms with E-state index in [1.165, 1.54) is 6.92 Å². The molecule has 0 aliphatic carbocycles. The van der Waals surface area contributed by atoms with Crippen LogP contribution in [0.3, 0.4) is 0 Å². The monoisotopic (exact) mass is 214 g/mol. The van der Waals surface area contributed by atoms with Crippen LogP contribution in [0, 0.1) is 10.1 Å². The molecule has 8 heteroatoms. The van der Waals surface area contributed by atoms with Crippen molar-refractivity contribution in [2.45, 2.75) is 19.9 Å². The molecule has 1 atom stereocenters. The molecule has 0 radical (unpaired) electrons. The lowest BCUT2D eigenvalue weighted by Crippen LogP contribution is -2.19. The van der Waals surface area contributed by atoms with Crippen LogP contribution in [0.4, 0.5) is 5.82 Å². The van der Waals surface area contributed by atoms with Gasteiger partial charge in [0.25, 0.3) is 0 Å². The lowest BCUT2D eigenvalue weighted by atomic mass is 10.3. The van der Waals surface area contributed by atoms with Crippen LogP contribution in [0.15, 0.2) is 6.20 Å². The number of rotatable bonds is 4. The Hall–Kier alpha value is -1.99. The third-order valence-electron chi connectivity index (χ3n) is 1.71. The van der Waals surface area contributed by atoms with Crippen LogP contribution in [0.5, 0.6) is 0 Å². The van der Waals surface area contributed by atoms with Crippen molar-refractivity contribution in [1.82, 2.24) is 15.0 Å². The number of carbonyl (C=O) groups is 1. The Morgan fingerprint density at radius 3 is 2.93 bits per heavy atom. The number of carbonyl (C=O) groups excluding carboxylic acids is 1. The van der Waals surface area contributed by atoms with Crippen molar-refractivity contribution >= 4 is 11.8 Å². The molecular formula is C7H10N4O4. The van der Waals surface area contributed by atoms with Crippen LogP contribution in [0.1, 0.15) is 19.9 Å². The van der Waals surface area contributed by atoms with Gasteiger partial charge in [0, 0.05) is 0 Å². The zero-order valence-electron chi connectivity index (χ0n) is 8.28. The van der Waals surface area contributed by atoms with Gasteiger partial charge in [-0.1, -0.05) is 0 Å². The third-order valence-corrected chi connectivity index (χ3v) is 1.71. The van der Waals surface area contributed by atoms with Gasteiger partial charge in [-0.05, 0) is 18.8 Å². The molecule has 0 bridgehead atoms. The molecule has 0 aliphatic heterocycles. The number of esters is 1. The Labute approximate surface area is 85.0 Å². The van der Waals surface area contributed by atoms with Crippen molar-refractivity contribution in [2.75, 3.05) is 6.61 Å². The highest BCUT2D eigenvalue weighted by molar-refractivity contribution is 5.73. The first-order chi connectivity index (χ1) is 7.06. The molecule has 0 fully saturated rings. The Morgan fingerprint density at radius 1 is 1.80 bits per heavy atom. The third kappa shape index (κ3) is 2.48. The minimum absolute atomic E-state index is 0.250. The molecule has 0 spiro atoms. The Bertz CT molecular complexity index is 375. The molecule has 15 heavy (non-hydrogen) atoms. The van der Waals surface area contributed by atoms with E-state index in [2.05, 4.69) is 10.3 Å². The van der Waals surface area contributed by atoms with Gasteiger partial charge in [0.05, 0.1) is 11.8 Å². The topological polar surface area (TPSA) is 100 Å². The van der Waals surface area contributed by atoms with Crippen molar-refractivity contribution in [3.05, 3.63) is 16.3 Å². The summed E-state index contributed by atoms with van der Waals surface area (Å²) in [7, 11) is 0. The van der Waals surface area contributed by atoms with E-state index in [0.29, 0.717) is 0 Å². The molecule has 0 aliphatic rings. The van der Waals surface area contributed by atoms with Gasteiger partial charge in [0.15, 0.2) is 6.04 Å². The fraction of sp³-hybridized carbons (Fsp3) is 0.571. The summed E-state index contributed by atoms with van der Waals surface area (Å²) in [4.78, 5) is 20.9. The molecule has 1 heterocycles. The maximum absolute atomic E-state index is 11.2. The number of hydrogen-bond acceptors (Lipinski definition) is 6. The minimum Gasteiger partial charge on any atom is -0.464 e. The van der Waals surface area contributed by atoms with Crippen LogP contribution in [0.25, 0.3) is 0 Å². The minimum atomic E-state index is -0.717. The van der Waals surface area contributed by atoms with E-state index >= 15 is 0 Å². The molecule has 8 nitrogen and oxygen atoms in total. The van der Waals surface area contributed by atoms with Crippen LogP contribution < -0.4 is 0 Å². The summed E-state index contributed by atoms with van der Waals surface area (Å²) < 4.78 is 5.82. The predicted molar refractivity (Wildman–Crippen MR) is 48.0 cm³/mol. The Kier molecular flexibility index (Phi) is 3.32. The predicted octanol–water partition coefficient (Wildman–Crippen LogP) is 0.310. The summed E-state index contributed by atoms with van der Waals surface area (Å²) in [5, 5.41) is 17.1. The number of hydrogen-bond donors (Lipinski definition) is 0. The van der Waals surface area contributed by atoms with Gasteiger partial charge < -0.3 is 14.9 Å². The summed E-state index contributed by atoms with van der Waals surface area (Å²) >= 11 is 0. The second-order valence-electron chi connectivity index (χ2n) is 2.74. The van der Waals surface area contributed by atoms with E-state index in [1.54, 1.807) is 6.92 Å². The molecule has 1 aromatic heterocycles. The van der Waals surface area contributed by atoms with Crippen molar-refractivity contribution in [2.24, 2.45) is 0 Å². The summed E-state index contributed by atoms with van der Waals surface area (Å²) in [6, 6.07) is -0.717. The first-order valence-corrected chi connectivity index (χ1v) is 4.29. The van der Waals surface area contributed by atoms with Crippen LogP contribution in [-0.4, -0.2) is 32.5 Å². The number of nitrogens with zero attached hydrogens (tertiary/aromatic N) is 4. The molecule has 0 amide bonds. The molecule has 82 valence electrons. The second kappa shape index (κ2) is 4.49. The average Bonchev–Trinajstić information content (AvgIpc) is 2.65. The van der Waals surface area contributed by atoms with Crippen molar-refractivity contribution in [1.29, 1.82) is 0 Å². The van der Waals surface area contributed by atoms with E-state index < -0.39 is 22.8 Å². The SMILES string of the molecule is CCOC(=O)C(C)n1cc([N+](=O)[O-])nn1. The summed E-state index contributed by atoms with van der Waals surface area (Å²) in [6.07, 6.45) is 1.08. The fourth-order valence-electron chi connectivity index (χ4n) is 0.911. The summed E-state index contributed by atoms with van der Waals surface area (Å²) in [5.74, 6) is -0.900. The van der Waals surface area contributed by atoms with E-state index in [4.69, 9.17) is 4.74 Å². The lowest BCUT2D eigenvalue weighted by Gasteiger charge is -2.07. The number of aromatic nitrogens is 3. The number of nitro groups is 1. The average molecular weight is 214 g/mol. The van der Waals surface area contributed by atoms with E-state index in [9.17, 15) is 14.9 Å². The zero-order valence-corrected chi connectivity index (χ0v) is 8.28. The van der Waals surface area contributed by atoms with Gasteiger partial charge in [-0.15, -0.1) is 0 Å². The molecule has 0 aromatic carbocycles. The Morgan fingerprint density at radius 2 is 2.47 bits per heavy atom. The zero-order chi connectivity index (χ0) is 11.4. The maximum Gasteiger partial charge on any atom is 0.410 e. The molecule has 0 saturated heterocycles. The van der Waals surface area contributed by atoms with Crippen molar-refractivity contribution < 1.29 is 14.5 Å². The van der Waals surface area contributed by atoms with Crippen molar-refractivity contribution in [3.63, 3.8) is 0 Å². The normalized spacial score (nSPS) is 12.1. The molecule has 1 aromatic rings. The van der Waals surface area contributed by atoms with Gasteiger partial charge >= 0.3 is 11.8 Å². The van der Waals surface area contributed by atoms with Gasteiger partial charge in [-0.3, -0.25) is 0 Å². The van der Waals surface area contributed by atoms with E-state index in [1.807, 2.05) is 0 Å². The molecule has 0 N–H and O–H groups in total. The maximum atomic E-state index is 11.2. The summed E-state index contributed by atoms with van der Waals surface area (Å²) in [6.45, 7) is 3.45. The first kappa shape index (κ1) is 11.1. The molecular weight excluding hydrogens is 204 g/mol. The molecule has 0 saturated carbocycles. The van der Waals surface area contributed by atoms with Crippen LogP contribution in [0.2, 0.25) is 0 Å². The second-order valence-corrected chi connectivity index (χ2v) is 2.74. The summed E-state index contributed by atoms with van der Waals surface area (Å²) in [5.41, 5.74) is 0. The Balaban J connectivity index is 2.78. The van der Waals surface area contributed by atoms with Gasteiger partial charge in [0.1, 0.15) is 11.3 Å². The smallest absolute Gasteiger partial charge is 0.410 e. The highest BCUT2D eigenvalue weighted by Gasteiger charge is 2.21. The van der Waals surface area contributed by atoms with Gasteiger partial charge in [-0.25, -0.2) is 9.48 Å². The van der Waals surface area contributed by atoms with Crippen molar-refractivity contribution in [3.8, 4) is 0 Å². The first-order valence-electron chi connectivity index (χ1n) is 4.29. The largest absolute Gasteiger partial charge is 0.464 e. The standard InChI is InChI=1S/C7H10N4O4/c1-3-15-7(12)5(2)10-4-6(8-9-10)11(13)14/h4-5H,3H2,1-2H3. The lowest BCUT2D eigenvalue weighted by molar-refractivity contribution is -0.389. The van der Waals surface area contributed by atoms with E-state index in [-0.39, 0.29) is 6.61 Å². The highest BCUT2D eigenvalue weighted by Crippen LogP contribution is 2.10. The quantitative estimate of drug-likeness (QED) is 0.406. The molecule has 1 rings (SSSR count). The van der Waals surface area contributed by atoms with Crippen LogP contribution in [-0.2, 0) is 9.53 Å². The van der Waals surface area contributed by atoms with Gasteiger partial charge in [-0.2, -0.15) is 0 Å². The highest BCUT2D eigenvalue weighted by atomic mass is 16.6. The fourth-order valence-corrected chi connectivity index (χ4v) is 0.911. The number of ether oxygens (including phenoxy) is 1. The molecule has 1 unspecified atom stereocenters.